The highest BCUT2D eigenvalue weighted by Gasteiger charge is 2.28. The molecule has 0 saturated heterocycles. The topological polar surface area (TPSA) is 20.6 Å². The third-order valence-electron chi connectivity index (χ3n) is 11.3. The molecule has 0 spiro atoms. The highest BCUT2D eigenvalue weighted by Crippen LogP contribution is 2.53. The Morgan fingerprint density at radius 1 is 0.404 bits per heavy atom. The molecule has 0 unspecified atom stereocenters. The highest BCUT2D eigenvalue weighted by molar-refractivity contribution is 7.25. The molecule has 11 aromatic rings. The molecule has 4 nitrogen and oxygen atoms in total. The first-order chi connectivity index (χ1) is 28.3. The zero-order valence-electron chi connectivity index (χ0n) is 30.7. The van der Waals surface area contributed by atoms with Gasteiger partial charge in [-0.2, -0.15) is 0 Å². The minimum absolute atomic E-state index is 0.798. The van der Waals surface area contributed by atoms with E-state index in [1.165, 1.54) is 47.2 Å². The minimum atomic E-state index is 0.798. The lowest BCUT2D eigenvalue weighted by molar-refractivity contribution is 0.477. The van der Waals surface area contributed by atoms with Gasteiger partial charge in [0.25, 0.3) is 0 Å². The van der Waals surface area contributed by atoms with Gasteiger partial charge in [-0.05, 0) is 84.2 Å². The van der Waals surface area contributed by atoms with Gasteiger partial charge in [0.1, 0.15) is 0 Å². The number of anilines is 6. The number of rotatable bonds is 5. The maximum Gasteiger partial charge on any atom is 0.153 e. The summed E-state index contributed by atoms with van der Waals surface area (Å²) < 4.78 is 11.8. The van der Waals surface area contributed by atoms with Crippen LogP contribution in [0.5, 0.6) is 11.5 Å². The average molecular weight is 748 g/mol. The molecule has 0 atom stereocenters. The predicted molar refractivity (Wildman–Crippen MR) is 241 cm³/mol. The second-order valence-electron chi connectivity index (χ2n) is 14.6. The van der Waals surface area contributed by atoms with Gasteiger partial charge in [-0.1, -0.05) is 115 Å². The Kier molecular flexibility index (Phi) is 7.06. The van der Waals surface area contributed by atoms with Crippen molar-refractivity contribution in [3.8, 4) is 17.2 Å². The molecule has 0 radical (unpaired) electrons. The molecule has 9 aromatic carbocycles. The van der Waals surface area contributed by atoms with Gasteiger partial charge in [-0.3, -0.25) is 0 Å². The quantitative estimate of drug-likeness (QED) is 0.175. The van der Waals surface area contributed by atoms with E-state index in [9.17, 15) is 0 Å². The van der Waals surface area contributed by atoms with Crippen LogP contribution < -0.4 is 14.5 Å². The molecule has 3 heterocycles. The Balaban J connectivity index is 1.07. The molecule has 1 aliphatic heterocycles. The van der Waals surface area contributed by atoms with E-state index in [-0.39, 0.29) is 0 Å². The molecule has 0 N–H and O–H groups in total. The second kappa shape index (κ2) is 12.6. The fourth-order valence-corrected chi connectivity index (χ4v) is 9.94. The van der Waals surface area contributed by atoms with Gasteiger partial charge in [0, 0.05) is 59.5 Å². The van der Waals surface area contributed by atoms with Crippen LogP contribution in [0.4, 0.5) is 34.1 Å². The van der Waals surface area contributed by atoms with Crippen LogP contribution in [0, 0.1) is 0 Å². The number of hydrogen-bond acceptors (Lipinski definition) is 4. The molecule has 0 aliphatic carbocycles. The third kappa shape index (κ3) is 4.99. The number of thiophene rings is 1. The van der Waals surface area contributed by atoms with E-state index < -0.39 is 0 Å². The monoisotopic (exact) mass is 747 g/mol. The van der Waals surface area contributed by atoms with E-state index in [0.29, 0.717) is 0 Å². The summed E-state index contributed by atoms with van der Waals surface area (Å²) in [5.74, 6) is 1.62. The summed E-state index contributed by atoms with van der Waals surface area (Å²) in [5.41, 5.74) is 9.74. The number of nitrogens with zero attached hydrogens (tertiary/aromatic N) is 3. The van der Waals surface area contributed by atoms with Crippen LogP contribution in [-0.4, -0.2) is 4.57 Å². The van der Waals surface area contributed by atoms with Gasteiger partial charge in [0.05, 0.1) is 33.8 Å². The molecular formula is C52H33N3OS. The number of aromatic nitrogens is 1. The molecule has 1 aliphatic rings. The second-order valence-corrected chi connectivity index (χ2v) is 15.6. The number of para-hydroxylation sites is 4. The molecule has 0 bridgehead atoms. The van der Waals surface area contributed by atoms with Crippen molar-refractivity contribution in [2.24, 2.45) is 0 Å². The van der Waals surface area contributed by atoms with E-state index >= 15 is 0 Å². The van der Waals surface area contributed by atoms with Gasteiger partial charge in [-0.25, -0.2) is 0 Å². The van der Waals surface area contributed by atoms with E-state index in [0.717, 1.165) is 56.8 Å². The van der Waals surface area contributed by atoms with Gasteiger partial charge in [0.15, 0.2) is 11.5 Å². The van der Waals surface area contributed by atoms with E-state index in [4.69, 9.17) is 4.74 Å². The van der Waals surface area contributed by atoms with Crippen LogP contribution in [0.15, 0.2) is 200 Å². The molecule has 0 fully saturated rings. The first-order valence-electron chi connectivity index (χ1n) is 19.3. The Morgan fingerprint density at radius 3 is 2.00 bits per heavy atom. The molecule has 268 valence electrons. The van der Waals surface area contributed by atoms with Crippen molar-refractivity contribution in [3.63, 3.8) is 0 Å². The predicted octanol–water partition coefficient (Wildman–Crippen LogP) is 15.4. The maximum absolute atomic E-state index is 6.83. The SMILES string of the molecule is c1ccc(-n2c3ccccc3c3ccc(N(c4ccc5c(c4)Oc4ccccc4N5c4ccc5c(c4)sc4ccccc45)c4cccc5ccccc45)cc32)cc1. The maximum atomic E-state index is 6.83. The standard InChI is InChI=1S/C52H33N3OS/c1-2-15-35(16-3-1)54-45-20-8-6-18-40(45)41-28-25-36(31-48(41)54)53(44-22-12-14-34-13-4-5-17-39(34)44)37-27-30-47-50(32-37)56-49-23-10-9-21-46(49)55(47)38-26-29-43-42-19-7-11-24-51(42)57-52(43)33-38/h1-33H. The van der Waals surface area contributed by atoms with Crippen molar-refractivity contribution in [2.75, 3.05) is 9.80 Å². The van der Waals surface area contributed by atoms with E-state index in [1.807, 2.05) is 17.4 Å². The number of hydrogen-bond donors (Lipinski definition) is 0. The summed E-state index contributed by atoms with van der Waals surface area (Å²) in [6.07, 6.45) is 0. The molecule has 0 saturated carbocycles. The zero-order chi connectivity index (χ0) is 37.5. The van der Waals surface area contributed by atoms with Crippen molar-refractivity contribution in [3.05, 3.63) is 200 Å². The lowest BCUT2D eigenvalue weighted by Gasteiger charge is -2.34. The average Bonchev–Trinajstić information content (AvgIpc) is 3.81. The van der Waals surface area contributed by atoms with Crippen LogP contribution in [0.1, 0.15) is 0 Å². The van der Waals surface area contributed by atoms with E-state index in [1.54, 1.807) is 0 Å². The van der Waals surface area contributed by atoms with Crippen molar-refractivity contribution in [1.29, 1.82) is 0 Å². The molecular weight excluding hydrogens is 715 g/mol. The Labute approximate surface area is 333 Å². The van der Waals surface area contributed by atoms with Crippen LogP contribution >= 0.6 is 11.3 Å². The van der Waals surface area contributed by atoms with Gasteiger partial charge in [0.2, 0.25) is 0 Å². The van der Waals surface area contributed by atoms with Crippen LogP contribution in [0.25, 0.3) is 58.4 Å². The van der Waals surface area contributed by atoms with Gasteiger partial charge in [-0.15, -0.1) is 11.3 Å². The Bertz CT molecular complexity index is 3360. The lowest BCUT2D eigenvalue weighted by atomic mass is 10.0. The van der Waals surface area contributed by atoms with E-state index in [2.05, 4.69) is 208 Å². The molecule has 57 heavy (non-hydrogen) atoms. The van der Waals surface area contributed by atoms with Crippen molar-refractivity contribution in [2.45, 2.75) is 0 Å². The summed E-state index contributed by atoms with van der Waals surface area (Å²) in [6.45, 7) is 0. The summed E-state index contributed by atoms with van der Waals surface area (Å²) in [6, 6.07) is 71.9. The molecule has 0 amide bonds. The number of fused-ring (bicyclic) bond motifs is 9. The van der Waals surface area contributed by atoms with Crippen LogP contribution in [-0.2, 0) is 0 Å². The van der Waals surface area contributed by atoms with Crippen molar-refractivity contribution < 1.29 is 4.74 Å². The Hall–Kier alpha value is -7.34. The van der Waals surface area contributed by atoms with Gasteiger partial charge < -0.3 is 19.1 Å². The minimum Gasteiger partial charge on any atom is -0.453 e. The third-order valence-corrected chi connectivity index (χ3v) is 12.5. The lowest BCUT2D eigenvalue weighted by Crippen LogP contribution is -2.17. The fourth-order valence-electron chi connectivity index (χ4n) is 8.80. The first kappa shape index (κ1) is 32.0. The highest BCUT2D eigenvalue weighted by atomic mass is 32.1. The Morgan fingerprint density at radius 2 is 1.07 bits per heavy atom. The van der Waals surface area contributed by atoms with Crippen molar-refractivity contribution >= 4 is 98.2 Å². The summed E-state index contributed by atoms with van der Waals surface area (Å²) in [7, 11) is 0. The number of ether oxygens (including phenoxy) is 1. The van der Waals surface area contributed by atoms with Gasteiger partial charge >= 0.3 is 0 Å². The first-order valence-corrected chi connectivity index (χ1v) is 20.1. The summed E-state index contributed by atoms with van der Waals surface area (Å²) >= 11 is 1.84. The fraction of sp³-hybridized carbons (Fsp3) is 0. The van der Waals surface area contributed by atoms with Crippen LogP contribution in [0.2, 0.25) is 0 Å². The van der Waals surface area contributed by atoms with Crippen LogP contribution in [0.3, 0.4) is 0 Å². The largest absolute Gasteiger partial charge is 0.453 e. The summed E-state index contributed by atoms with van der Waals surface area (Å²) in [4.78, 5) is 4.72. The normalized spacial score (nSPS) is 12.3. The molecule has 12 rings (SSSR count). The molecule has 5 heteroatoms. The number of benzene rings is 9. The zero-order valence-corrected chi connectivity index (χ0v) is 31.5. The summed E-state index contributed by atoms with van der Waals surface area (Å²) in [5, 5.41) is 7.39. The smallest absolute Gasteiger partial charge is 0.153 e. The molecule has 2 aromatic heterocycles. The van der Waals surface area contributed by atoms with Crippen molar-refractivity contribution in [1.82, 2.24) is 4.57 Å².